The molecule has 0 heterocycles. The molecule has 80 valence electrons. The highest BCUT2D eigenvalue weighted by atomic mass is 28.3. The van der Waals surface area contributed by atoms with E-state index in [2.05, 4.69) is 31.5 Å². The van der Waals surface area contributed by atoms with Gasteiger partial charge in [0.25, 0.3) is 0 Å². The molecule has 0 fully saturated rings. The standard InChI is InChI=1S/C13H18OSi/c1-4-15(2,3)11-10-13(14)12-8-6-5-7-9-12/h5-9,13-14H,4H2,1-3H3. The molecular weight excluding hydrogens is 200 g/mol. The highest BCUT2D eigenvalue weighted by Crippen LogP contribution is 2.12. The maximum Gasteiger partial charge on any atom is 0.139 e. The van der Waals surface area contributed by atoms with Gasteiger partial charge in [-0.15, -0.1) is 5.54 Å². The van der Waals surface area contributed by atoms with Gasteiger partial charge in [-0.3, -0.25) is 0 Å². The van der Waals surface area contributed by atoms with Gasteiger partial charge in [0.15, 0.2) is 0 Å². The van der Waals surface area contributed by atoms with Crippen LogP contribution in [0.15, 0.2) is 30.3 Å². The average Bonchev–Trinajstić information content (AvgIpc) is 2.27. The predicted molar refractivity (Wildman–Crippen MR) is 67.1 cm³/mol. The van der Waals surface area contributed by atoms with Gasteiger partial charge in [-0.2, -0.15) is 0 Å². The highest BCUT2D eigenvalue weighted by Gasteiger charge is 2.14. The molecule has 1 nitrogen and oxygen atoms in total. The molecule has 0 aromatic heterocycles. The van der Waals surface area contributed by atoms with Crippen molar-refractivity contribution >= 4 is 8.07 Å². The van der Waals surface area contributed by atoms with Crippen molar-refractivity contribution in [3.63, 3.8) is 0 Å². The summed E-state index contributed by atoms with van der Waals surface area (Å²) in [5.41, 5.74) is 4.13. The summed E-state index contributed by atoms with van der Waals surface area (Å²) in [6, 6.07) is 10.7. The van der Waals surface area contributed by atoms with E-state index in [-0.39, 0.29) is 0 Å². The van der Waals surface area contributed by atoms with Gasteiger partial charge in [0, 0.05) is 0 Å². The predicted octanol–water partition coefficient (Wildman–Crippen LogP) is 2.99. The molecule has 1 rings (SSSR count). The van der Waals surface area contributed by atoms with Gasteiger partial charge in [-0.1, -0.05) is 56.3 Å². The van der Waals surface area contributed by atoms with E-state index in [1.807, 2.05) is 30.3 Å². The van der Waals surface area contributed by atoms with Crippen molar-refractivity contribution in [1.82, 2.24) is 0 Å². The summed E-state index contributed by atoms with van der Waals surface area (Å²) >= 11 is 0. The summed E-state index contributed by atoms with van der Waals surface area (Å²) in [6.45, 7) is 6.60. The first kappa shape index (κ1) is 12.0. The summed E-state index contributed by atoms with van der Waals surface area (Å²) < 4.78 is 0. The van der Waals surface area contributed by atoms with Crippen molar-refractivity contribution in [3.05, 3.63) is 35.9 Å². The Morgan fingerprint density at radius 3 is 2.40 bits per heavy atom. The van der Waals surface area contributed by atoms with Crippen LogP contribution in [0.1, 0.15) is 18.6 Å². The molecule has 1 aromatic rings. The minimum Gasteiger partial charge on any atom is -0.376 e. The molecule has 2 heteroatoms. The van der Waals surface area contributed by atoms with Crippen LogP contribution in [0.25, 0.3) is 0 Å². The monoisotopic (exact) mass is 218 g/mol. The molecule has 0 saturated carbocycles. The Hall–Kier alpha value is -1.04. The van der Waals surface area contributed by atoms with Crippen molar-refractivity contribution in [2.45, 2.75) is 32.2 Å². The van der Waals surface area contributed by atoms with Crippen LogP contribution in [0.5, 0.6) is 0 Å². The maximum absolute atomic E-state index is 9.83. The zero-order valence-electron chi connectivity index (χ0n) is 9.62. The molecule has 0 amide bonds. The number of rotatable bonds is 2. The fraction of sp³-hybridized carbons (Fsp3) is 0.385. The number of benzene rings is 1. The van der Waals surface area contributed by atoms with Crippen LogP contribution >= 0.6 is 0 Å². The lowest BCUT2D eigenvalue weighted by molar-refractivity contribution is 0.238. The lowest BCUT2D eigenvalue weighted by Crippen LogP contribution is -2.21. The second-order valence-electron chi connectivity index (χ2n) is 4.32. The van der Waals surface area contributed by atoms with Crippen LogP contribution in [0, 0.1) is 11.5 Å². The second-order valence-corrected chi connectivity index (χ2v) is 9.04. The Balaban J connectivity index is 2.76. The Bertz CT molecular complexity index is 359. The number of aliphatic hydroxyl groups is 1. The molecule has 0 aliphatic rings. The maximum atomic E-state index is 9.83. The lowest BCUT2D eigenvalue weighted by Gasteiger charge is -2.11. The average molecular weight is 218 g/mol. The minimum atomic E-state index is -1.39. The zero-order valence-corrected chi connectivity index (χ0v) is 10.6. The topological polar surface area (TPSA) is 20.2 Å². The number of hydrogen-bond donors (Lipinski definition) is 1. The molecule has 0 aliphatic heterocycles. The van der Waals surface area contributed by atoms with E-state index in [1.165, 1.54) is 0 Å². The van der Waals surface area contributed by atoms with Gasteiger partial charge in [-0.05, 0) is 11.6 Å². The third-order valence-electron chi connectivity index (χ3n) is 2.55. The van der Waals surface area contributed by atoms with Crippen LogP contribution < -0.4 is 0 Å². The molecule has 0 spiro atoms. The van der Waals surface area contributed by atoms with Crippen LogP contribution in [-0.4, -0.2) is 13.2 Å². The van der Waals surface area contributed by atoms with Crippen LogP contribution in [0.4, 0.5) is 0 Å². The third-order valence-corrected chi connectivity index (χ3v) is 5.14. The Morgan fingerprint density at radius 1 is 1.27 bits per heavy atom. The van der Waals surface area contributed by atoms with Crippen molar-refractivity contribution in [2.75, 3.05) is 0 Å². The first-order valence-corrected chi connectivity index (χ1v) is 8.51. The molecule has 0 bridgehead atoms. The normalized spacial score (nSPS) is 12.8. The molecule has 0 aliphatic carbocycles. The first-order valence-electron chi connectivity index (χ1n) is 5.31. The Labute approximate surface area is 93.2 Å². The van der Waals surface area contributed by atoms with E-state index >= 15 is 0 Å². The van der Waals surface area contributed by atoms with Crippen LogP contribution in [0.3, 0.4) is 0 Å². The smallest absolute Gasteiger partial charge is 0.139 e. The van der Waals surface area contributed by atoms with E-state index in [4.69, 9.17) is 0 Å². The quantitative estimate of drug-likeness (QED) is 0.597. The van der Waals surface area contributed by atoms with Gasteiger partial charge in [0.2, 0.25) is 0 Å². The summed E-state index contributed by atoms with van der Waals surface area (Å²) in [4.78, 5) is 0. The van der Waals surface area contributed by atoms with Gasteiger partial charge in [0.05, 0.1) is 0 Å². The highest BCUT2D eigenvalue weighted by molar-refractivity contribution is 6.85. The molecule has 0 saturated heterocycles. The van der Waals surface area contributed by atoms with Gasteiger partial charge < -0.3 is 5.11 Å². The Morgan fingerprint density at radius 2 is 1.87 bits per heavy atom. The summed E-state index contributed by atoms with van der Waals surface area (Å²) in [5.74, 6) is 2.96. The lowest BCUT2D eigenvalue weighted by atomic mass is 10.1. The third kappa shape index (κ3) is 3.91. The summed E-state index contributed by atoms with van der Waals surface area (Å²) in [5, 5.41) is 9.83. The van der Waals surface area contributed by atoms with Gasteiger partial charge in [-0.25, -0.2) is 0 Å². The largest absolute Gasteiger partial charge is 0.376 e. The summed E-state index contributed by atoms with van der Waals surface area (Å²) in [6.07, 6.45) is -0.635. The molecule has 1 aromatic carbocycles. The zero-order chi connectivity index (χ0) is 11.3. The molecule has 1 unspecified atom stereocenters. The van der Waals surface area contributed by atoms with E-state index in [1.54, 1.807) is 0 Å². The number of aliphatic hydroxyl groups excluding tert-OH is 1. The van der Waals surface area contributed by atoms with E-state index in [0.29, 0.717) is 0 Å². The van der Waals surface area contributed by atoms with E-state index in [0.717, 1.165) is 11.6 Å². The molecule has 1 atom stereocenters. The van der Waals surface area contributed by atoms with Crippen LogP contribution in [-0.2, 0) is 0 Å². The van der Waals surface area contributed by atoms with Crippen molar-refractivity contribution < 1.29 is 5.11 Å². The second kappa shape index (κ2) is 5.15. The molecule has 1 N–H and O–H groups in total. The molecule has 0 radical (unpaired) electrons. The van der Waals surface area contributed by atoms with Crippen molar-refractivity contribution in [3.8, 4) is 11.5 Å². The molecular formula is C13H18OSi. The van der Waals surface area contributed by atoms with E-state index in [9.17, 15) is 5.11 Å². The molecule has 15 heavy (non-hydrogen) atoms. The minimum absolute atomic E-state index is 0.635. The SMILES string of the molecule is CC[Si](C)(C)C#CC(O)c1ccccc1. The fourth-order valence-corrected chi connectivity index (χ4v) is 1.78. The first-order chi connectivity index (χ1) is 7.05. The van der Waals surface area contributed by atoms with Crippen molar-refractivity contribution in [1.29, 1.82) is 0 Å². The van der Waals surface area contributed by atoms with E-state index < -0.39 is 14.2 Å². The van der Waals surface area contributed by atoms with Crippen molar-refractivity contribution in [2.24, 2.45) is 0 Å². The van der Waals surface area contributed by atoms with Gasteiger partial charge in [0.1, 0.15) is 14.2 Å². The fourth-order valence-electron chi connectivity index (χ4n) is 1.07. The van der Waals surface area contributed by atoms with Gasteiger partial charge >= 0.3 is 0 Å². The van der Waals surface area contributed by atoms with Crippen LogP contribution in [0.2, 0.25) is 19.1 Å². The summed E-state index contributed by atoms with van der Waals surface area (Å²) in [7, 11) is -1.39. The number of hydrogen-bond acceptors (Lipinski definition) is 1. The Kier molecular flexibility index (Phi) is 4.13.